The Morgan fingerprint density at radius 1 is 1.32 bits per heavy atom. The highest BCUT2D eigenvalue weighted by molar-refractivity contribution is 6.01. The summed E-state index contributed by atoms with van der Waals surface area (Å²) in [6, 6.07) is 6.37. The average molecular weight is 301 g/mol. The second-order valence-electron chi connectivity index (χ2n) is 6.44. The number of carbonyl (C=O) groups excluding carboxylic acids is 2. The molecule has 0 aromatic heterocycles. The van der Waals surface area contributed by atoms with Gasteiger partial charge in [-0.1, -0.05) is 13.8 Å². The molecule has 1 aromatic rings. The number of likely N-dealkylation sites (tertiary alicyclic amines) is 1. The van der Waals surface area contributed by atoms with Crippen LogP contribution in [0.1, 0.15) is 53.0 Å². The Hall–Kier alpha value is -1.88. The summed E-state index contributed by atoms with van der Waals surface area (Å²) >= 11 is 0. The van der Waals surface area contributed by atoms with Gasteiger partial charge in [0.2, 0.25) is 0 Å². The lowest BCUT2D eigenvalue weighted by Crippen LogP contribution is -2.46. The van der Waals surface area contributed by atoms with Gasteiger partial charge in [0.1, 0.15) is 0 Å². The summed E-state index contributed by atoms with van der Waals surface area (Å²) < 4.78 is 0. The maximum absolute atomic E-state index is 12.6. The number of nitrogens with zero attached hydrogens (tertiary/aromatic N) is 1. The van der Waals surface area contributed by atoms with Crippen molar-refractivity contribution < 1.29 is 9.59 Å². The molecule has 118 valence electrons. The van der Waals surface area contributed by atoms with Crippen molar-refractivity contribution in [3.63, 3.8) is 0 Å². The number of hydrogen-bond donors (Lipinski definition) is 2. The van der Waals surface area contributed by atoms with Gasteiger partial charge in [-0.2, -0.15) is 0 Å². The largest absolute Gasteiger partial charge is 0.348 e. The van der Waals surface area contributed by atoms with E-state index >= 15 is 0 Å². The van der Waals surface area contributed by atoms with Crippen LogP contribution in [0.3, 0.4) is 0 Å². The topological polar surface area (TPSA) is 61.4 Å². The van der Waals surface area contributed by atoms with E-state index in [1.165, 1.54) is 0 Å². The van der Waals surface area contributed by atoms with E-state index in [1.807, 2.05) is 11.0 Å². The third-order valence-corrected chi connectivity index (χ3v) is 4.39. The first kappa shape index (κ1) is 15.0. The first-order chi connectivity index (χ1) is 10.5. The van der Waals surface area contributed by atoms with E-state index in [0.717, 1.165) is 31.5 Å². The van der Waals surface area contributed by atoms with E-state index in [1.54, 1.807) is 12.1 Å². The van der Waals surface area contributed by atoms with Crippen LogP contribution in [0.2, 0.25) is 0 Å². The van der Waals surface area contributed by atoms with Crippen LogP contribution in [0.4, 0.5) is 0 Å². The number of nitrogens with one attached hydrogen (secondary N) is 2. The molecule has 22 heavy (non-hydrogen) atoms. The number of piperidine rings is 1. The highest BCUT2D eigenvalue weighted by Gasteiger charge is 2.25. The zero-order chi connectivity index (χ0) is 15.7. The van der Waals surface area contributed by atoms with Gasteiger partial charge in [0.05, 0.1) is 0 Å². The molecular formula is C17H23N3O2. The number of fused-ring (bicyclic) bond motifs is 1. The van der Waals surface area contributed by atoms with Gasteiger partial charge in [-0.25, -0.2) is 0 Å². The molecule has 2 aliphatic rings. The highest BCUT2D eigenvalue weighted by atomic mass is 16.2. The van der Waals surface area contributed by atoms with Crippen LogP contribution < -0.4 is 10.6 Å². The number of amides is 2. The van der Waals surface area contributed by atoms with Crippen LogP contribution in [0.5, 0.6) is 0 Å². The van der Waals surface area contributed by atoms with Crippen molar-refractivity contribution in [2.75, 3.05) is 13.1 Å². The second kappa shape index (κ2) is 6.08. The summed E-state index contributed by atoms with van der Waals surface area (Å²) in [5.74, 6) is 0.0275. The van der Waals surface area contributed by atoms with E-state index in [9.17, 15) is 9.59 Å². The van der Waals surface area contributed by atoms with E-state index < -0.39 is 0 Å². The molecule has 2 aliphatic heterocycles. The second-order valence-corrected chi connectivity index (χ2v) is 6.44. The number of rotatable bonds is 3. The van der Waals surface area contributed by atoms with Crippen molar-refractivity contribution in [3.05, 3.63) is 34.9 Å². The van der Waals surface area contributed by atoms with Gasteiger partial charge in [0.15, 0.2) is 0 Å². The fourth-order valence-electron chi connectivity index (χ4n) is 3.27. The summed E-state index contributed by atoms with van der Waals surface area (Å²) in [6.45, 7) is 6.40. The molecule has 1 saturated heterocycles. The molecule has 2 heterocycles. The first-order valence-electron chi connectivity index (χ1n) is 8.01. The third kappa shape index (κ3) is 2.99. The minimum absolute atomic E-state index is 0.0467. The lowest BCUT2D eigenvalue weighted by atomic mass is 10.0. The lowest BCUT2D eigenvalue weighted by Gasteiger charge is -2.33. The molecule has 3 rings (SSSR count). The summed E-state index contributed by atoms with van der Waals surface area (Å²) in [4.78, 5) is 26.1. The minimum Gasteiger partial charge on any atom is -0.348 e. The van der Waals surface area contributed by atoms with Crippen LogP contribution in [0.25, 0.3) is 0 Å². The molecule has 0 aliphatic carbocycles. The summed E-state index contributed by atoms with van der Waals surface area (Å²) in [7, 11) is 0. The minimum atomic E-state index is -0.0467. The highest BCUT2D eigenvalue weighted by Crippen LogP contribution is 2.20. The van der Waals surface area contributed by atoms with Crippen molar-refractivity contribution in [2.24, 2.45) is 0 Å². The molecule has 0 bridgehead atoms. The Bertz CT molecular complexity index is 590. The van der Waals surface area contributed by atoms with Crippen molar-refractivity contribution in [2.45, 2.75) is 45.3 Å². The maximum atomic E-state index is 12.6. The van der Waals surface area contributed by atoms with Gasteiger partial charge in [-0.05, 0) is 36.6 Å². The number of hydrogen-bond acceptors (Lipinski definition) is 3. The van der Waals surface area contributed by atoms with Gasteiger partial charge < -0.3 is 15.5 Å². The standard InChI is InChI=1S/C17H23N3O2/c1-11(2)19-14-5-7-20(8-6-14)17(22)12-3-4-15-13(9-12)10-18-16(15)21/h3-4,9,11,14,19H,5-8,10H2,1-2H3,(H,18,21). The monoisotopic (exact) mass is 301 g/mol. The zero-order valence-electron chi connectivity index (χ0n) is 13.2. The zero-order valence-corrected chi connectivity index (χ0v) is 13.2. The predicted octanol–water partition coefficient (Wildman–Crippen LogP) is 1.53. The number of carbonyl (C=O) groups is 2. The third-order valence-electron chi connectivity index (χ3n) is 4.39. The maximum Gasteiger partial charge on any atom is 0.253 e. The molecule has 5 nitrogen and oxygen atoms in total. The Balaban J connectivity index is 1.64. The van der Waals surface area contributed by atoms with Crippen LogP contribution in [-0.2, 0) is 6.54 Å². The molecule has 5 heteroatoms. The summed E-state index contributed by atoms with van der Waals surface area (Å²) in [5.41, 5.74) is 2.30. The fraction of sp³-hybridized carbons (Fsp3) is 0.529. The molecule has 0 radical (unpaired) electrons. The van der Waals surface area contributed by atoms with Crippen molar-refractivity contribution in [1.29, 1.82) is 0 Å². The Labute approximate surface area is 131 Å². The first-order valence-corrected chi connectivity index (χ1v) is 8.01. The Morgan fingerprint density at radius 2 is 2.05 bits per heavy atom. The van der Waals surface area contributed by atoms with Crippen molar-refractivity contribution in [1.82, 2.24) is 15.5 Å². The molecule has 0 unspecified atom stereocenters. The van der Waals surface area contributed by atoms with Crippen LogP contribution in [0.15, 0.2) is 18.2 Å². The molecule has 0 spiro atoms. The molecule has 1 fully saturated rings. The van der Waals surface area contributed by atoms with Gasteiger partial charge in [-0.3, -0.25) is 9.59 Å². The van der Waals surface area contributed by atoms with E-state index in [0.29, 0.717) is 29.8 Å². The number of benzene rings is 1. The van der Waals surface area contributed by atoms with Gasteiger partial charge in [-0.15, -0.1) is 0 Å². The normalized spacial score (nSPS) is 18.5. The molecule has 1 aromatic carbocycles. The molecule has 2 amide bonds. The van der Waals surface area contributed by atoms with Gasteiger partial charge in [0, 0.05) is 42.8 Å². The Kier molecular flexibility index (Phi) is 4.16. The lowest BCUT2D eigenvalue weighted by molar-refractivity contribution is 0.0702. The van der Waals surface area contributed by atoms with Gasteiger partial charge in [0.25, 0.3) is 11.8 Å². The van der Waals surface area contributed by atoms with Crippen LogP contribution in [-0.4, -0.2) is 41.9 Å². The smallest absolute Gasteiger partial charge is 0.253 e. The predicted molar refractivity (Wildman–Crippen MR) is 84.8 cm³/mol. The van der Waals surface area contributed by atoms with E-state index in [2.05, 4.69) is 24.5 Å². The van der Waals surface area contributed by atoms with Crippen LogP contribution >= 0.6 is 0 Å². The molecule has 0 saturated carbocycles. The van der Waals surface area contributed by atoms with E-state index in [-0.39, 0.29) is 11.8 Å². The SMILES string of the molecule is CC(C)NC1CCN(C(=O)c2ccc3c(c2)CNC3=O)CC1. The van der Waals surface area contributed by atoms with Crippen LogP contribution in [0, 0.1) is 0 Å². The molecular weight excluding hydrogens is 278 g/mol. The summed E-state index contributed by atoms with van der Waals surface area (Å²) in [5, 5.41) is 6.32. The van der Waals surface area contributed by atoms with Crippen molar-refractivity contribution >= 4 is 11.8 Å². The molecule has 0 atom stereocenters. The van der Waals surface area contributed by atoms with E-state index in [4.69, 9.17) is 0 Å². The van der Waals surface area contributed by atoms with Crippen molar-refractivity contribution in [3.8, 4) is 0 Å². The fourth-order valence-corrected chi connectivity index (χ4v) is 3.27. The summed E-state index contributed by atoms with van der Waals surface area (Å²) in [6.07, 6.45) is 1.99. The molecule has 2 N–H and O–H groups in total. The Morgan fingerprint density at radius 3 is 2.73 bits per heavy atom. The average Bonchev–Trinajstić information content (AvgIpc) is 2.88. The quantitative estimate of drug-likeness (QED) is 0.890. The van der Waals surface area contributed by atoms with Gasteiger partial charge >= 0.3 is 0 Å².